The summed E-state index contributed by atoms with van der Waals surface area (Å²) in [6.07, 6.45) is 1.31. The van der Waals surface area contributed by atoms with Crippen LogP contribution in [0.5, 0.6) is 0 Å². The Hall–Kier alpha value is -1.01. The molecule has 110 valence electrons. The van der Waals surface area contributed by atoms with Gasteiger partial charge >= 0.3 is 0 Å². The third-order valence-electron chi connectivity index (χ3n) is 2.85. The van der Waals surface area contributed by atoms with Crippen molar-refractivity contribution in [1.29, 1.82) is 0 Å². The molecule has 0 spiro atoms. The molecule has 0 atom stereocenters. The normalized spacial score (nSPS) is 14.9. The predicted molar refractivity (Wildman–Crippen MR) is 81.5 cm³/mol. The molecular formula is C12H14Cl3N3O2. The van der Waals surface area contributed by atoms with Crippen molar-refractivity contribution in [2.75, 3.05) is 11.9 Å². The van der Waals surface area contributed by atoms with E-state index in [-0.39, 0.29) is 30.8 Å². The Balaban J connectivity index is 0.00000200. The van der Waals surface area contributed by atoms with Gasteiger partial charge < -0.3 is 16.4 Å². The van der Waals surface area contributed by atoms with Gasteiger partial charge in [0.1, 0.15) is 0 Å². The molecule has 8 heteroatoms. The lowest BCUT2D eigenvalue weighted by molar-refractivity contribution is -0.125. The zero-order valence-electron chi connectivity index (χ0n) is 10.4. The van der Waals surface area contributed by atoms with E-state index in [1.165, 1.54) is 6.07 Å². The van der Waals surface area contributed by atoms with E-state index in [9.17, 15) is 9.59 Å². The van der Waals surface area contributed by atoms with Crippen LogP contribution in [0.3, 0.4) is 0 Å². The highest BCUT2D eigenvalue weighted by molar-refractivity contribution is 6.35. The largest absolute Gasteiger partial charge is 0.345 e. The first kappa shape index (κ1) is 17.0. The number of carbonyl (C=O) groups is 2. The second-order valence-electron chi connectivity index (χ2n) is 4.51. The molecule has 4 N–H and O–H groups in total. The van der Waals surface area contributed by atoms with Gasteiger partial charge in [-0.1, -0.05) is 23.2 Å². The molecule has 2 amide bonds. The summed E-state index contributed by atoms with van der Waals surface area (Å²) in [6.45, 7) is -0.152. The third kappa shape index (κ3) is 4.24. The Labute approximate surface area is 132 Å². The average Bonchev–Trinajstić information content (AvgIpc) is 3.10. The fourth-order valence-electron chi connectivity index (χ4n) is 1.49. The monoisotopic (exact) mass is 337 g/mol. The summed E-state index contributed by atoms with van der Waals surface area (Å²) >= 11 is 11.7. The molecule has 0 aliphatic heterocycles. The van der Waals surface area contributed by atoms with Gasteiger partial charge in [0.2, 0.25) is 11.8 Å². The van der Waals surface area contributed by atoms with Crippen LogP contribution in [0.15, 0.2) is 18.2 Å². The Morgan fingerprint density at radius 2 is 1.95 bits per heavy atom. The number of halogens is 3. The second-order valence-corrected chi connectivity index (χ2v) is 5.35. The number of carbonyl (C=O) groups excluding carboxylic acids is 2. The summed E-state index contributed by atoms with van der Waals surface area (Å²) in [7, 11) is 0. The summed E-state index contributed by atoms with van der Waals surface area (Å²) < 4.78 is 0. The zero-order valence-corrected chi connectivity index (χ0v) is 12.7. The molecule has 0 unspecified atom stereocenters. The standard InChI is InChI=1S/C12H13Cl2N3O2.ClH/c13-7-1-2-8(14)9(5-7)17-10(18)6-16-11(19)12(15)3-4-12;/h1-2,5H,3-4,6,15H2,(H,16,19)(H,17,18);1H. The molecule has 5 nitrogen and oxygen atoms in total. The van der Waals surface area contributed by atoms with E-state index in [2.05, 4.69) is 10.6 Å². The molecule has 0 bridgehead atoms. The number of nitrogens with one attached hydrogen (secondary N) is 2. The molecule has 0 heterocycles. The van der Waals surface area contributed by atoms with Gasteiger partial charge in [0.25, 0.3) is 0 Å². The molecule has 1 aliphatic carbocycles. The molecular weight excluding hydrogens is 325 g/mol. The molecule has 0 saturated heterocycles. The first-order chi connectivity index (χ1) is 8.90. The van der Waals surface area contributed by atoms with Crippen LogP contribution < -0.4 is 16.4 Å². The number of benzene rings is 1. The van der Waals surface area contributed by atoms with Crippen molar-refractivity contribution in [2.45, 2.75) is 18.4 Å². The highest BCUT2D eigenvalue weighted by Crippen LogP contribution is 2.32. The molecule has 1 aromatic carbocycles. The molecule has 0 radical (unpaired) electrons. The van der Waals surface area contributed by atoms with Gasteiger partial charge in [-0.3, -0.25) is 9.59 Å². The maximum Gasteiger partial charge on any atom is 0.243 e. The Morgan fingerprint density at radius 1 is 1.30 bits per heavy atom. The molecule has 1 saturated carbocycles. The molecule has 0 aromatic heterocycles. The van der Waals surface area contributed by atoms with Crippen molar-refractivity contribution in [2.24, 2.45) is 5.73 Å². The van der Waals surface area contributed by atoms with E-state index in [0.29, 0.717) is 28.6 Å². The van der Waals surface area contributed by atoms with Gasteiger partial charge in [-0.05, 0) is 31.0 Å². The fourth-order valence-corrected chi connectivity index (χ4v) is 1.82. The van der Waals surface area contributed by atoms with Crippen LogP contribution in [0.25, 0.3) is 0 Å². The maximum atomic E-state index is 11.7. The number of rotatable bonds is 4. The van der Waals surface area contributed by atoms with Crippen molar-refractivity contribution in [3.05, 3.63) is 28.2 Å². The number of anilines is 1. The van der Waals surface area contributed by atoms with Crippen LogP contribution in [-0.2, 0) is 9.59 Å². The van der Waals surface area contributed by atoms with Crippen molar-refractivity contribution < 1.29 is 9.59 Å². The van der Waals surface area contributed by atoms with Crippen molar-refractivity contribution in [1.82, 2.24) is 5.32 Å². The minimum absolute atomic E-state index is 0. The van der Waals surface area contributed by atoms with Crippen LogP contribution in [0.2, 0.25) is 10.0 Å². The summed E-state index contributed by atoms with van der Waals surface area (Å²) in [6, 6.07) is 4.73. The predicted octanol–water partition coefficient (Wildman–Crippen LogP) is 1.96. The van der Waals surface area contributed by atoms with E-state index in [4.69, 9.17) is 28.9 Å². The van der Waals surface area contributed by atoms with E-state index in [1.807, 2.05) is 0 Å². The van der Waals surface area contributed by atoms with Crippen LogP contribution in [0, 0.1) is 0 Å². The summed E-state index contributed by atoms with van der Waals surface area (Å²) in [5.74, 6) is -0.693. The van der Waals surface area contributed by atoms with Crippen LogP contribution in [-0.4, -0.2) is 23.9 Å². The van der Waals surface area contributed by atoms with Crippen molar-refractivity contribution in [3.63, 3.8) is 0 Å². The number of amides is 2. The van der Waals surface area contributed by atoms with Gasteiger partial charge in [-0.15, -0.1) is 12.4 Å². The van der Waals surface area contributed by atoms with Gasteiger partial charge in [0.15, 0.2) is 0 Å². The Kier molecular flexibility index (Phi) is 5.65. The average molecular weight is 339 g/mol. The van der Waals surface area contributed by atoms with E-state index in [0.717, 1.165) is 0 Å². The number of nitrogens with two attached hydrogens (primary N) is 1. The molecule has 2 rings (SSSR count). The van der Waals surface area contributed by atoms with Gasteiger partial charge in [0, 0.05) is 5.02 Å². The Bertz CT molecular complexity index is 533. The summed E-state index contributed by atoms with van der Waals surface area (Å²) in [4.78, 5) is 23.2. The van der Waals surface area contributed by atoms with Crippen molar-refractivity contribution >= 4 is 53.1 Å². The lowest BCUT2D eigenvalue weighted by Gasteiger charge is -2.11. The van der Waals surface area contributed by atoms with Gasteiger partial charge in [-0.25, -0.2) is 0 Å². The van der Waals surface area contributed by atoms with Crippen LogP contribution >= 0.6 is 35.6 Å². The van der Waals surface area contributed by atoms with Crippen LogP contribution in [0.1, 0.15) is 12.8 Å². The third-order valence-corrected chi connectivity index (χ3v) is 3.42. The van der Waals surface area contributed by atoms with E-state index >= 15 is 0 Å². The maximum absolute atomic E-state index is 11.7. The molecule has 20 heavy (non-hydrogen) atoms. The van der Waals surface area contributed by atoms with Crippen molar-refractivity contribution in [3.8, 4) is 0 Å². The zero-order chi connectivity index (χ0) is 14.0. The topological polar surface area (TPSA) is 84.2 Å². The lowest BCUT2D eigenvalue weighted by atomic mass is 10.2. The summed E-state index contributed by atoms with van der Waals surface area (Å²) in [5.41, 5.74) is 5.31. The second kappa shape index (κ2) is 6.63. The quantitative estimate of drug-likeness (QED) is 0.784. The van der Waals surface area contributed by atoms with E-state index < -0.39 is 5.54 Å². The lowest BCUT2D eigenvalue weighted by Crippen LogP contribution is -2.45. The highest BCUT2D eigenvalue weighted by atomic mass is 35.5. The SMILES string of the molecule is Cl.NC1(C(=O)NCC(=O)Nc2cc(Cl)ccc2Cl)CC1. The molecule has 1 fully saturated rings. The number of hydrogen-bond acceptors (Lipinski definition) is 3. The first-order valence-electron chi connectivity index (χ1n) is 5.73. The van der Waals surface area contributed by atoms with Gasteiger partial charge in [-0.2, -0.15) is 0 Å². The number of hydrogen-bond donors (Lipinski definition) is 3. The smallest absolute Gasteiger partial charge is 0.243 e. The van der Waals surface area contributed by atoms with Crippen LogP contribution in [0.4, 0.5) is 5.69 Å². The van der Waals surface area contributed by atoms with Gasteiger partial charge in [0.05, 0.1) is 22.8 Å². The first-order valence-corrected chi connectivity index (χ1v) is 6.48. The van der Waals surface area contributed by atoms with E-state index in [1.54, 1.807) is 12.1 Å². The Morgan fingerprint density at radius 3 is 2.55 bits per heavy atom. The highest BCUT2D eigenvalue weighted by Gasteiger charge is 2.45. The fraction of sp³-hybridized carbons (Fsp3) is 0.333. The summed E-state index contributed by atoms with van der Waals surface area (Å²) in [5, 5.41) is 5.89. The molecule has 1 aromatic rings. The minimum Gasteiger partial charge on any atom is -0.345 e. The molecule has 1 aliphatic rings. The minimum atomic E-state index is -0.784.